The summed E-state index contributed by atoms with van der Waals surface area (Å²) in [7, 11) is 0. The van der Waals surface area contributed by atoms with Gasteiger partial charge >= 0.3 is 6.09 Å². The van der Waals surface area contributed by atoms with Gasteiger partial charge in [0.15, 0.2) is 5.79 Å². The summed E-state index contributed by atoms with van der Waals surface area (Å²) in [5.74, 6) is -0.980. The van der Waals surface area contributed by atoms with Gasteiger partial charge in [0.25, 0.3) is 11.1 Å². The van der Waals surface area contributed by atoms with E-state index in [1.165, 1.54) is 4.90 Å². The molecule has 2 aliphatic heterocycles. The number of unbranched alkanes of at least 4 members (excludes halogenated alkanes) is 1. The van der Waals surface area contributed by atoms with Gasteiger partial charge in [-0.3, -0.25) is 9.69 Å². The van der Waals surface area contributed by atoms with Gasteiger partial charge in [0, 0.05) is 24.8 Å². The molecule has 1 aromatic carbocycles. The van der Waals surface area contributed by atoms with Crippen molar-refractivity contribution in [1.82, 2.24) is 10.2 Å². The molecule has 2 saturated heterocycles. The predicted octanol–water partition coefficient (Wildman–Crippen LogP) is 5.18. The third-order valence-corrected chi connectivity index (χ3v) is 7.39. The van der Waals surface area contributed by atoms with Crippen LogP contribution in [0.5, 0.6) is 0 Å². The maximum Gasteiger partial charge on any atom is 0.407 e. The fourth-order valence-electron chi connectivity index (χ4n) is 5.35. The molecule has 4 rings (SSSR count). The van der Waals surface area contributed by atoms with Crippen molar-refractivity contribution in [3.63, 3.8) is 0 Å². The van der Waals surface area contributed by atoms with E-state index in [1.807, 2.05) is 43.3 Å². The van der Waals surface area contributed by atoms with E-state index < -0.39 is 30.1 Å². The molecule has 0 saturated carbocycles. The second-order valence-electron chi connectivity index (χ2n) is 9.89. The van der Waals surface area contributed by atoms with E-state index in [4.69, 9.17) is 31.2 Å². The molecule has 2 fully saturated rings. The van der Waals surface area contributed by atoms with Gasteiger partial charge in [0.1, 0.15) is 24.9 Å². The first-order valence-electron chi connectivity index (χ1n) is 13.5. The van der Waals surface area contributed by atoms with Gasteiger partial charge in [0.05, 0.1) is 12.6 Å². The summed E-state index contributed by atoms with van der Waals surface area (Å²) in [4.78, 5) is 28.0. The van der Waals surface area contributed by atoms with Crippen LogP contribution in [0, 0.1) is 0 Å². The molecular weight excluding hydrogens is 492 g/mol. The van der Waals surface area contributed by atoms with Crippen molar-refractivity contribution >= 4 is 29.4 Å². The van der Waals surface area contributed by atoms with Crippen LogP contribution in [0.15, 0.2) is 42.0 Å². The third kappa shape index (κ3) is 6.16. The van der Waals surface area contributed by atoms with E-state index >= 15 is 0 Å². The Morgan fingerprint density at radius 2 is 1.84 bits per heavy atom. The number of fused-ring (bicyclic) bond motifs is 1. The lowest BCUT2D eigenvalue weighted by Gasteiger charge is -2.33. The summed E-state index contributed by atoms with van der Waals surface area (Å²) in [6, 6.07) is 8.91. The van der Waals surface area contributed by atoms with Crippen molar-refractivity contribution in [1.29, 1.82) is 0 Å². The van der Waals surface area contributed by atoms with Crippen LogP contribution in [-0.2, 0) is 23.7 Å². The van der Waals surface area contributed by atoms with E-state index in [2.05, 4.69) is 19.2 Å². The Hall–Kier alpha value is -2.49. The van der Waals surface area contributed by atoms with Crippen LogP contribution in [0.1, 0.15) is 77.3 Å². The van der Waals surface area contributed by atoms with Gasteiger partial charge in [-0.05, 0) is 30.3 Å². The monoisotopic (exact) mass is 530 g/mol. The minimum absolute atomic E-state index is 0.153. The molecule has 0 spiro atoms. The summed E-state index contributed by atoms with van der Waals surface area (Å²) < 4.78 is 24.0. The van der Waals surface area contributed by atoms with E-state index in [0.29, 0.717) is 18.8 Å². The minimum Gasteiger partial charge on any atom is -0.468 e. The lowest BCUT2D eigenvalue weighted by molar-refractivity contribution is -0.183. The van der Waals surface area contributed by atoms with Gasteiger partial charge in [-0.25, -0.2) is 4.79 Å². The fourth-order valence-corrected chi connectivity index (χ4v) is 5.63. The van der Waals surface area contributed by atoms with Gasteiger partial charge in [-0.15, -0.1) is 0 Å². The molecule has 1 aromatic rings. The highest BCUT2D eigenvalue weighted by molar-refractivity contribution is 7.80. The van der Waals surface area contributed by atoms with Crippen LogP contribution in [0.4, 0.5) is 4.79 Å². The molecular formula is C28H38N2O6S. The Morgan fingerprint density at radius 1 is 1.11 bits per heavy atom. The lowest BCUT2D eigenvalue weighted by Crippen LogP contribution is -2.51. The van der Waals surface area contributed by atoms with Crippen LogP contribution < -0.4 is 5.32 Å². The number of hydrogen-bond acceptors (Lipinski definition) is 7. The van der Waals surface area contributed by atoms with Gasteiger partial charge in [-0.2, -0.15) is 0 Å². The fraction of sp³-hybridized carbons (Fsp3) is 0.607. The van der Waals surface area contributed by atoms with Crippen molar-refractivity contribution in [2.24, 2.45) is 0 Å². The van der Waals surface area contributed by atoms with Gasteiger partial charge in [-0.1, -0.05) is 70.4 Å². The molecule has 3 aliphatic rings. The summed E-state index contributed by atoms with van der Waals surface area (Å²) >= 11 is 5.43. The first kappa shape index (κ1) is 27.5. The first-order chi connectivity index (χ1) is 17.9. The number of benzene rings is 1. The van der Waals surface area contributed by atoms with Crippen molar-refractivity contribution < 1.29 is 28.5 Å². The van der Waals surface area contributed by atoms with Crippen LogP contribution >= 0.6 is 12.2 Å². The molecule has 0 radical (unpaired) electrons. The number of alkyl carbamates (subject to hydrolysis) is 1. The number of thiocarbonyl (C=S) groups is 1. The number of ether oxygens (including phenoxy) is 4. The Morgan fingerprint density at radius 3 is 2.51 bits per heavy atom. The summed E-state index contributed by atoms with van der Waals surface area (Å²) in [6.07, 6.45) is 5.70. The lowest BCUT2D eigenvalue weighted by atomic mass is 9.89. The number of nitrogens with zero attached hydrogens (tertiary/aromatic N) is 1. The number of amides is 2. The molecule has 4 atom stereocenters. The highest BCUT2D eigenvalue weighted by Crippen LogP contribution is 2.42. The Balaban J connectivity index is 1.60. The zero-order valence-electron chi connectivity index (χ0n) is 21.9. The second-order valence-corrected chi connectivity index (χ2v) is 10.2. The zero-order valence-corrected chi connectivity index (χ0v) is 22.8. The second kappa shape index (κ2) is 12.4. The molecule has 1 aliphatic carbocycles. The Kier molecular flexibility index (Phi) is 9.21. The topological polar surface area (TPSA) is 86.3 Å². The maximum absolute atomic E-state index is 13.9. The first-order valence-corrected chi connectivity index (χ1v) is 13.9. The van der Waals surface area contributed by atoms with Crippen molar-refractivity contribution in [2.75, 3.05) is 13.2 Å². The summed E-state index contributed by atoms with van der Waals surface area (Å²) in [6.45, 7) is 6.87. The predicted molar refractivity (Wildman–Crippen MR) is 143 cm³/mol. The average Bonchev–Trinajstić information content (AvgIpc) is 3.45. The SMILES string of the molecule is CCCCOC(=O)NC1CC(C(=O)N2C(=S)OC[C@H]2c2ccccc2)=CC2OC(CCC)(CCC)OC12. The molecule has 202 valence electrons. The average molecular weight is 531 g/mol. The number of carbonyl (C=O) groups excluding carboxylic acids is 2. The maximum atomic E-state index is 13.9. The molecule has 9 heteroatoms. The third-order valence-electron chi connectivity index (χ3n) is 7.07. The number of nitrogens with one attached hydrogen (secondary N) is 1. The Labute approximate surface area is 224 Å². The standard InChI is InChI=1S/C28H38N2O6S/c1-4-7-15-33-26(32)29-21-16-20(17-23-24(21)36-28(35-23,13-5-2)14-6-3)25(31)30-22(18-34-27(30)37)19-11-9-8-10-12-19/h8-12,17,21-24H,4-7,13-16,18H2,1-3H3,(H,29,32)/t21?,22-,23?,24?/m0/s1. The van der Waals surface area contributed by atoms with Crippen LogP contribution in [0.2, 0.25) is 0 Å². The molecule has 2 amide bonds. The van der Waals surface area contributed by atoms with Gasteiger partial charge < -0.3 is 24.3 Å². The molecule has 1 N–H and O–H groups in total. The van der Waals surface area contributed by atoms with Crippen LogP contribution in [0.3, 0.4) is 0 Å². The Bertz CT molecular complexity index is 994. The largest absolute Gasteiger partial charge is 0.468 e. The van der Waals surface area contributed by atoms with Crippen molar-refractivity contribution in [2.45, 2.75) is 95.8 Å². The molecule has 0 bridgehead atoms. The molecule has 8 nitrogen and oxygen atoms in total. The summed E-state index contributed by atoms with van der Waals surface area (Å²) in [5, 5.41) is 3.11. The van der Waals surface area contributed by atoms with Crippen molar-refractivity contribution in [3.8, 4) is 0 Å². The van der Waals surface area contributed by atoms with E-state index in [-0.39, 0.29) is 23.5 Å². The quantitative estimate of drug-likeness (QED) is 0.330. The zero-order chi connectivity index (χ0) is 26.4. The highest BCUT2D eigenvalue weighted by atomic mass is 32.1. The van der Waals surface area contributed by atoms with Crippen LogP contribution in [0.25, 0.3) is 0 Å². The molecule has 37 heavy (non-hydrogen) atoms. The van der Waals surface area contributed by atoms with E-state index in [1.54, 1.807) is 0 Å². The van der Waals surface area contributed by atoms with Gasteiger partial charge in [0.2, 0.25) is 0 Å². The highest BCUT2D eigenvalue weighted by Gasteiger charge is 2.52. The summed E-state index contributed by atoms with van der Waals surface area (Å²) in [5.41, 5.74) is 1.46. The minimum atomic E-state index is -0.738. The number of hydrogen-bond donors (Lipinski definition) is 1. The number of rotatable bonds is 10. The van der Waals surface area contributed by atoms with E-state index in [9.17, 15) is 9.59 Å². The molecule has 3 unspecified atom stereocenters. The molecule has 2 heterocycles. The smallest absolute Gasteiger partial charge is 0.407 e. The normalized spacial score (nSPS) is 26.3. The van der Waals surface area contributed by atoms with E-state index in [0.717, 1.165) is 44.1 Å². The molecule has 0 aromatic heterocycles. The van der Waals surface area contributed by atoms with Crippen molar-refractivity contribution in [3.05, 3.63) is 47.5 Å². The van der Waals surface area contributed by atoms with Crippen LogP contribution in [-0.4, -0.2) is 59.3 Å². The number of carbonyl (C=O) groups is 2.